The van der Waals surface area contributed by atoms with Crippen LogP contribution >= 0.6 is 0 Å². The van der Waals surface area contributed by atoms with Crippen molar-refractivity contribution >= 4 is 16.9 Å². The zero-order valence-electron chi connectivity index (χ0n) is 16.8. The minimum absolute atomic E-state index is 0.0353. The molecule has 0 unspecified atom stereocenters. The summed E-state index contributed by atoms with van der Waals surface area (Å²) in [6, 6.07) is 6.00. The van der Waals surface area contributed by atoms with Crippen molar-refractivity contribution in [1.29, 1.82) is 0 Å². The summed E-state index contributed by atoms with van der Waals surface area (Å²) in [7, 11) is 0. The summed E-state index contributed by atoms with van der Waals surface area (Å²) in [6.45, 7) is 6.07. The van der Waals surface area contributed by atoms with Crippen LogP contribution < -0.4 is 0 Å². The van der Waals surface area contributed by atoms with E-state index in [1.807, 2.05) is 20.8 Å². The lowest BCUT2D eigenvalue weighted by molar-refractivity contribution is 0.0624. The standard InChI is InChI=1S/C21H20FN5O3/c1-21(2,3)20-26-25-18(30-20)19(28)27-9-8-12-15(24-10-23-12)16(27)17-14(22)11-6-4-5-7-13(11)29-17/h4-7,10,16H,8-9H2,1-3H3,(H,23,24)/t16-/m1/s1. The molecule has 0 fully saturated rings. The van der Waals surface area contributed by atoms with Gasteiger partial charge < -0.3 is 18.7 Å². The molecule has 8 nitrogen and oxygen atoms in total. The van der Waals surface area contributed by atoms with Crippen molar-refractivity contribution < 1.29 is 18.0 Å². The van der Waals surface area contributed by atoms with Gasteiger partial charge in [-0.25, -0.2) is 9.37 Å². The number of fused-ring (bicyclic) bond motifs is 2. The average Bonchev–Trinajstić information content (AvgIpc) is 3.45. The minimum atomic E-state index is -0.843. The predicted molar refractivity (Wildman–Crippen MR) is 104 cm³/mol. The van der Waals surface area contributed by atoms with Gasteiger partial charge in [0.1, 0.15) is 11.6 Å². The van der Waals surface area contributed by atoms with E-state index >= 15 is 4.39 Å². The Bertz CT molecular complexity index is 1250. The second-order valence-corrected chi connectivity index (χ2v) is 8.36. The molecule has 1 atom stereocenters. The predicted octanol–water partition coefficient (Wildman–Crippen LogP) is 3.76. The number of amides is 1. The molecule has 154 valence electrons. The van der Waals surface area contributed by atoms with Crippen LogP contribution in [0.25, 0.3) is 11.0 Å². The number of furan rings is 1. The van der Waals surface area contributed by atoms with Crippen molar-refractivity contribution in [3.63, 3.8) is 0 Å². The zero-order chi connectivity index (χ0) is 21.0. The molecule has 4 heterocycles. The highest BCUT2D eigenvalue weighted by Crippen LogP contribution is 2.39. The monoisotopic (exact) mass is 409 g/mol. The third kappa shape index (κ3) is 2.80. The number of aromatic nitrogens is 4. The fourth-order valence-corrected chi connectivity index (χ4v) is 3.71. The van der Waals surface area contributed by atoms with Gasteiger partial charge in [0.05, 0.1) is 17.4 Å². The summed E-state index contributed by atoms with van der Waals surface area (Å²) >= 11 is 0. The van der Waals surface area contributed by atoms with Crippen molar-refractivity contribution in [2.24, 2.45) is 0 Å². The Hall–Kier alpha value is -3.49. The van der Waals surface area contributed by atoms with Gasteiger partial charge in [0.2, 0.25) is 5.89 Å². The number of halogens is 1. The Morgan fingerprint density at radius 3 is 2.77 bits per heavy atom. The third-order valence-electron chi connectivity index (χ3n) is 5.24. The Labute approximate surface area is 171 Å². The van der Waals surface area contributed by atoms with Crippen molar-refractivity contribution in [1.82, 2.24) is 25.1 Å². The normalized spacial score (nSPS) is 16.8. The van der Waals surface area contributed by atoms with E-state index in [9.17, 15) is 4.79 Å². The van der Waals surface area contributed by atoms with Gasteiger partial charge >= 0.3 is 11.8 Å². The number of hydrogen-bond acceptors (Lipinski definition) is 6. The Kier molecular flexibility index (Phi) is 4.02. The van der Waals surface area contributed by atoms with Crippen LogP contribution in [0, 0.1) is 5.82 Å². The number of imidazole rings is 1. The molecule has 0 saturated carbocycles. The van der Waals surface area contributed by atoms with Crippen molar-refractivity contribution in [2.75, 3.05) is 6.54 Å². The molecule has 0 spiro atoms. The quantitative estimate of drug-likeness (QED) is 0.541. The number of carbonyl (C=O) groups excluding carboxylic acids is 1. The highest BCUT2D eigenvalue weighted by Gasteiger charge is 2.40. The van der Waals surface area contributed by atoms with Crippen LogP contribution in [0.15, 0.2) is 39.4 Å². The summed E-state index contributed by atoms with van der Waals surface area (Å²) in [5.41, 5.74) is 1.40. The second-order valence-electron chi connectivity index (χ2n) is 8.36. The minimum Gasteiger partial charge on any atom is -0.455 e. The molecule has 3 aromatic heterocycles. The van der Waals surface area contributed by atoms with Crippen LogP contribution in [0.1, 0.15) is 60.5 Å². The lowest BCUT2D eigenvalue weighted by atomic mass is 9.97. The molecule has 4 aromatic rings. The van der Waals surface area contributed by atoms with E-state index in [0.29, 0.717) is 35.5 Å². The SMILES string of the molecule is CC(C)(C)c1nnc(C(=O)N2CCc3[nH]cnc3[C@@H]2c2oc3ccccc3c2F)o1. The van der Waals surface area contributed by atoms with E-state index in [2.05, 4.69) is 20.2 Å². The number of nitrogens with zero attached hydrogens (tertiary/aromatic N) is 4. The first-order valence-corrected chi connectivity index (χ1v) is 9.68. The summed E-state index contributed by atoms with van der Waals surface area (Å²) in [5, 5.41) is 8.30. The van der Waals surface area contributed by atoms with Crippen LogP contribution in [0.4, 0.5) is 4.39 Å². The lowest BCUT2D eigenvalue weighted by Gasteiger charge is -2.32. The number of hydrogen-bond donors (Lipinski definition) is 1. The van der Waals surface area contributed by atoms with Gasteiger partial charge in [0.25, 0.3) is 0 Å². The molecule has 1 aliphatic rings. The highest BCUT2D eigenvalue weighted by molar-refractivity contribution is 5.90. The Morgan fingerprint density at radius 1 is 1.23 bits per heavy atom. The maximum absolute atomic E-state index is 15.3. The largest absolute Gasteiger partial charge is 0.455 e. The first-order chi connectivity index (χ1) is 14.3. The number of nitrogens with one attached hydrogen (secondary N) is 1. The van der Waals surface area contributed by atoms with Crippen molar-refractivity contribution in [3.05, 3.63) is 65.3 Å². The molecule has 30 heavy (non-hydrogen) atoms. The van der Waals surface area contributed by atoms with Crippen LogP contribution in [-0.2, 0) is 11.8 Å². The molecular weight excluding hydrogens is 389 g/mol. The number of H-pyrrole nitrogens is 1. The summed E-state index contributed by atoms with van der Waals surface area (Å²) in [5.74, 6) is -0.745. The number of aromatic amines is 1. The molecule has 0 bridgehead atoms. The molecule has 0 aliphatic carbocycles. The highest BCUT2D eigenvalue weighted by atomic mass is 19.1. The number of carbonyl (C=O) groups is 1. The van der Waals surface area contributed by atoms with Gasteiger partial charge in [-0.05, 0) is 12.1 Å². The number of rotatable bonds is 2. The lowest BCUT2D eigenvalue weighted by Crippen LogP contribution is -2.41. The van der Waals surface area contributed by atoms with E-state index in [1.165, 1.54) is 11.2 Å². The van der Waals surface area contributed by atoms with Crippen LogP contribution in [0.2, 0.25) is 0 Å². The Morgan fingerprint density at radius 2 is 2.03 bits per heavy atom. The molecule has 1 N–H and O–H groups in total. The summed E-state index contributed by atoms with van der Waals surface area (Å²) in [6.07, 6.45) is 2.08. The molecule has 9 heteroatoms. The van der Waals surface area contributed by atoms with Crippen molar-refractivity contribution in [2.45, 2.75) is 38.6 Å². The first kappa shape index (κ1) is 18.5. The Balaban J connectivity index is 1.61. The van der Waals surface area contributed by atoms with Crippen LogP contribution in [0.3, 0.4) is 0 Å². The van der Waals surface area contributed by atoms with E-state index in [1.54, 1.807) is 24.3 Å². The summed E-state index contributed by atoms with van der Waals surface area (Å²) in [4.78, 5) is 22.2. The smallest absolute Gasteiger partial charge is 0.312 e. The van der Waals surface area contributed by atoms with E-state index in [4.69, 9.17) is 8.83 Å². The second kappa shape index (κ2) is 6.51. The first-order valence-electron chi connectivity index (χ1n) is 9.68. The fourth-order valence-electron chi connectivity index (χ4n) is 3.71. The van der Waals surface area contributed by atoms with Gasteiger partial charge in [0.15, 0.2) is 11.6 Å². The molecule has 5 rings (SSSR count). The molecule has 0 saturated heterocycles. The van der Waals surface area contributed by atoms with E-state index in [-0.39, 0.29) is 11.7 Å². The molecule has 0 radical (unpaired) electrons. The molecule has 1 amide bonds. The number of para-hydroxylation sites is 1. The molecular formula is C21H20FN5O3. The van der Waals surface area contributed by atoms with Gasteiger partial charge in [0, 0.05) is 24.1 Å². The number of benzene rings is 1. The molecule has 1 aliphatic heterocycles. The van der Waals surface area contributed by atoms with Crippen LogP contribution in [-0.4, -0.2) is 37.5 Å². The third-order valence-corrected chi connectivity index (χ3v) is 5.24. The maximum atomic E-state index is 15.3. The molecule has 1 aromatic carbocycles. The van der Waals surface area contributed by atoms with Gasteiger partial charge in [-0.1, -0.05) is 32.9 Å². The summed E-state index contributed by atoms with van der Waals surface area (Å²) < 4.78 is 26.8. The fraction of sp³-hybridized carbons (Fsp3) is 0.333. The topological polar surface area (TPSA) is 101 Å². The average molecular weight is 409 g/mol. The van der Waals surface area contributed by atoms with Gasteiger partial charge in [-0.2, -0.15) is 0 Å². The van der Waals surface area contributed by atoms with E-state index in [0.717, 1.165) is 5.69 Å². The van der Waals surface area contributed by atoms with Gasteiger partial charge in [-0.15, -0.1) is 10.2 Å². The van der Waals surface area contributed by atoms with Crippen LogP contribution in [0.5, 0.6) is 0 Å². The van der Waals surface area contributed by atoms with Crippen molar-refractivity contribution in [3.8, 4) is 0 Å². The van der Waals surface area contributed by atoms with E-state index < -0.39 is 23.2 Å². The zero-order valence-corrected chi connectivity index (χ0v) is 16.8. The maximum Gasteiger partial charge on any atom is 0.312 e. The van der Waals surface area contributed by atoms with Gasteiger partial charge in [-0.3, -0.25) is 4.79 Å².